The van der Waals surface area contributed by atoms with Crippen LogP contribution in [0.2, 0.25) is 0 Å². The number of hydrogen-bond acceptors (Lipinski definition) is 16. The van der Waals surface area contributed by atoms with Crippen LogP contribution in [0, 0.1) is 34.5 Å². The standard InChI is InChI=1S/C29H26N6O3S.C28H24N6O3S/c1-34-10-5-19(6-11-34)18-37-27-16-24-23(15-21(27)17-30)26(4-8-31-24)38-22-2-3-25-20(14-22)7-12-35(25)29(36)33-28-32-9-13-39-28;29-16-20-14-22-23(15-26(20)36-17-18-3-7-30-8-4-18)31-9-5-25(22)37-21-1-2-24-19(13-21)6-11-34(24)28(35)33-27-32-10-12-38-27/h2-4,7-9,12-16,19H,5-6,10-11,18H2,1H3,(H,32,33,36);1-2,5-6,9-15,18,30H,3-4,7-8,17H2,(H,32,33,35). The number of fused-ring (bicyclic) bond motifs is 4. The molecule has 0 bridgehead atoms. The zero-order valence-corrected chi connectivity index (χ0v) is 43.4. The van der Waals surface area contributed by atoms with E-state index in [1.807, 2.05) is 60.7 Å². The minimum Gasteiger partial charge on any atom is -0.492 e. The summed E-state index contributed by atoms with van der Waals surface area (Å²) >= 11 is 2.72. The summed E-state index contributed by atoms with van der Waals surface area (Å²) in [6.45, 7) is 5.29. The Balaban J connectivity index is 0.000000164. The number of carbonyl (C=O) groups is 2. The van der Waals surface area contributed by atoms with Gasteiger partial charge in [0.2, 0.25) is 0 Å². The zero-order chi connectivity index (χ0) is 52.7. The molecule has 10 aromatic rings. The molecule has 0 atom stereocenters. The molecule has 20 heteroatoms. The van der Waals surface area contributed by atoms with Gasteiger partial charge in [0.05, 0.1) is 46.4 Å². The number of aromatic nitrogens is 6. The van der Waals surface area contributed by atoms with Gasteiger partial charge >= 0.3 is 12.1 Å². The number of hydrogen-bond donors (Lipinski definition) is 3. The molecule has 0 spiro atoms. The SMILES string of the molecule is CN1CCC(COc2cc3nccc(Oc4ccc5c(ccn5C(=O)Nc5nccs5)c4)c3cc2C#N)CC1.N#Cc1cc2c(Oc3ccc4c(ccn4C(=O)Nc4nccs4)c3)ccnc2cc1OCC1CCNCC1. The number of thiazole rings is 2. The van der Waals surface area contributed by atoms with E-state index < -0.39 is 0 Å². The Kier molecular flexibility index (Phi) is 14.9. The van der Waals surface area contributed by atoms with Crippen molar-refractivity contribution < 1.29 is 28.5 Å². The number of nitrogens with zero attached hydrogens (tertiary/aromatic N) is 9. The summed E-state index contributed by atoms with van der Waals surface area (Å²) in [5.41, 5.74) is 3.77. The highest BCUT2D eigenvalue weighted by molar-refractivity contribution is 7.14. The molecule has 2 fully saturated rings. The molecule has 77 heavy (non-hydrogen) atoms. The molecule has 18 nitrogen and oxygen atoms in total. The lowest BCUT2D eigenvalue weighted by Crippen LogP contribution is -2.32. The predicted molar refractivity (Wildman–Crippen MR) is 297 cm³/mol. The van der Waals surface area contributed by atoms with Gasteiger partial charge in [-0.1, -0.05) is 0 Å². The lowest BCUT2D eigenvalue weighted by molar-refractivity contribution is 0.160. The topological polar surface area (TPSA) is 219 Å². The van der Waals surface area contributed by atoms with Gasteiger partial charge in [-0.05, 0) is 144 Å². The molecule has 6 aromatic heterocycles. The summed E-state index contributed by atoms with van der Waals surface area (Å²) in [4.78, 5) is 44.9. The van der Waals surface area contributed by atoms with Crippen molar-refractivity contribution in [2.75, 3.05) is 57.1 Å². The minimum absolute atomic E-state index is 0.286. The third-order valence-electron chi connectivity index (χ3n) is 13.6. The van der Waals surface area contributed by atoms with E-state index in [0.29, 0.717) is 92.0 Å². The summed E-state index contributed by atoms with van der Waals surface area (Å²) in [6, 6.07) is 29.4. The Labute approximate surface area is 450 Å². The van der Waals surface area contributed by atoms with Crippen LogP contribution in [0.4, 0.5) is 19.9 Å². The number of rotatable bonds is 12. The van der Waals surface area contributed by atoms with Crippen LogP contribution >= 0.6 is 22.7 Å². The third-order valence-corrected chi connectivity index (χ3v) is 15.0. The first-order valence-corrected chi connectivity index (χ1v) is 26.8. The molecule has 2 saturated heterocycles. The van der Waals surface area contributed by atoms with Crippen molar-refractivity contribution in [1.29, 1.82) is 10.5 Å². The van der Waals surface area contributed by atoms with Gasteiger partial charge in [-0.2, -0.15) is 10.5 Å². The average Bonchev–Trinajstić information content (AvgIpc) is 4.32. The quantitative estimate of drug-likeness (QED) is 0.104. The number of ether oxygens (including phenoxy) is 4. The van der Waals surface area contributed by atoms with Crippen LogP contribution in [0.3, 0.4) is 0 Å². The molecule has 12 rings (SSSR count). The van der Waals surface area contributed by atoms with E-state index in [-0.39, 0.29) is 12.1 Å². The van der Waals surface area contributed by atoms with Crippen molar-refractivity contribution in [1.82, 2.24) is 39.3 Å². The molecule has 2 aliphatic heterocycles. The summed E-state index contributed by atoms with van der Waals surface area (Å²) in [5, 5.41) is 36.4. The van der Waals surface area contributed by atoms with Gasteiger partial charge in [0.15, 0.2) is 10.3 Å². The average molecular weight is 1060 g/mol. The third kappa shape index (κ3) is 11.5. The van der Waals surface area contributed by atoms with Crippen LogP contribution in [0.1, 0.15) is 36.8 Å². The van der Waals surface area contributed by atoms with E-state index >= 15 is 0 Å². The second-order valence-corrected chi connectivity index (χ2v) is 20.5. The molecular weight excluding hydrogens is 1010 g/mol. The lowest BCUT2D eigenvalue weighted by atomic mass is 9.98. The Bertz CT molecular complexity index is 3830. The predicted octanol–water partition coefficient (Wildman–Crippen LogP) is 11.9. The number of nitrogens with one attached hydrogen (secondary N) is 3. The zero-order valence-electron chi connectivity index (χ0n) is 41.7. The maximum absolute atomic E-state index is 12.7. The van der Waals surface area contributed by atoms with Gasteiger partial charge in [-0.3, -0.25) is 29.7 Å². The fourth-order valence-corrected chi connectivity index (χ4v) is 10.5. The molecule has 3 N–H and O–H groups in total. The highest BCUT2D eigenvalue weighted by atomic mass is 32.1. The van der Waals surface area contributed by atoms with E-state index in [1.165, 1.54) is 31.8 Å². The number of nitriles is 2. The summed E-state index contributed by atoms with van der Waals surface area (Å²) in [6.07, 6.45) is 14.4. The molecule has 2 amide bonds. The Hall–Kier alpha value is -8.92. The summed E-state index contributed by atoms with van der Waals surface area (Å²) < 4.78 is 27.7. The Morgan fingerprint density at radius 1 is 0.610 bits per heavy atom. The fourth-order valence-electron chi connectivity index (χ4n) is 9.43. The fraction of sp³-hybridized carbons (Fsp3) is 0.228. The van der Waals surface area contributed by atoms with Crippen molar-refractivity contribution in [2.24, 2.45) is 11.8 Å². The number of anilines is 2. The van der Waals surface area contributed by atoms with Crippen LogP contribution in [0.25, 0.3) is 43.6 Å². The maximum Gasteiger partial charge on any atom is 0.332 e. The van der Waals surface area contributed by atoms with E-state index in [0.717, 1.165) is 84.4 Å². The smallest absolute Gasteiger partial charge is 0.332 e. The maximum atomic E-state index is 12.7. The molecule has 4 aromatic carbocycles. The van der Waals surface area contributed by atoms with Crippen molar-refractivity contribution in [3.63, 3.8) is 0 Å². The van der Waals surface area contributed by atoms with Gasteiger partial charge in [0, 0.05) is 81.6 Å². The first kappa shape index (κ1) is 50.2. The first-order valence-electron chi connectivity index (χ1n) is 25.1. The second kappa shape index (κ2) is 22.9. The van der Waals surface area contributed by atoms with E-state index in [1.54, 1.807) is 72.2 Å². The van der Waals surface area contributed by atoms with Gasteiger partial charge in [-0.15, -0.1) is 22.7 Å². The number of piperidine rings is 2. The van der Waals surface area contributed by atoms with Gasteiger partial charge < -0.3 is 29.2 Å². The number of amides is 2. The van der Waals surface area contributed by atoms with Crippen molar-refractivity contribution in [3.8, 4) is 46.6 Å². The highest BCUT2D eigenvalue weighted by Gasteiger charge is 2.21. The molecule has 0 unspecified atom stereocenters. The molecule has 8 heterocycles. The number of pyridine rings is 2. The highest BCUT2D eigenvalue weighted by Crippen LogP contribution is 2.37. The van der Waals surface area contributed by atoms with E-state index in [2.05, 4.69) is 60.0 Å². The van der Waals surface area contributed by atoms with Gasteiger partial charge in [0.25, 0.3) is 0 Å². The van der Waals surface area contributed by atoms with Crippen molar-refractivity contribution in [3.05, 3.63) is 144 Å². The minimum atomic E-state index is -0.286. The summed E-state index contributed by atoms with van der Waals surface area (Å²) in [7, 11) is 2.14. The molecular formula is C57H50N12O6S2. The largest absolute Gasteiger partial charge is 0.492 e. The number of carbonyl (C=O) groups excluding carboxylic acids is 2. The molecule has 2 aliphatic rings. The first-order chi connectivity index (χ1) is 37.7. The monoisotopic (exact) mass is 1060 g/mol. The molecule has 386 valence electrons. The molecule has 0 radical (unpaired) electrons. The van der Waals surface area contributed by atoms with Crippen LogP contribution in [0.15, 0.2) is 133 Å². The van der Waals surface area contributed by atoms with Crippen LogP contribution in [0.5, 0.6) is 34.5 Å². The molecule has 0 aliphatic carbocycles. The Morgan fingerprint density at radius 2 is 1.09 bits per heavy atom. The van der Waals surface area contributed by atoms with Crippen LogP contribution in [-0.4, -0.2) is 92.5 Å². The lowest BCUT2D eigenvalue weighted by Gasteiger charge is -2.28. The van der Waals surface area contributed by atoms with Gasteiger partial charge in [0.1, 0.15) is 46.6 Å². The number of likely N-dealkylation sites (tertiary alicyclic amines) is 1. The van der Waals surface area contributed by atoms with Gasteiger partial charge in [-0.25, -0.2) is 19.6 Å². The van der Waals surface area contributed by atoms with Crippen LogP contribution in [-0.2, 0) is 0 Å². The molecule has 0 saturated carbocycles. The second-order valence-electron chi connectivity index (χ2n) is 18.7. The van der Waals surface area contributed by atoms with E-state index in [4.69, 9.17) is 18.9 Å². The van der Waals surface area contributed by atoms with Crippen LogP contribution < -0.4 is 34.9 Å². The Morgan fingerprint density at radius 3 is 1.55 bits per heavy atom. The van der Waals surface area contributed by atoms with Crippen molar-refractivity contribution >= 4 is 88.6 Å². The number of benzene rings is 4. The normalized spacial score (nSPS) is 14.1. The van der Waals surface area contributed by atoms with E-state index in [9.17, 15) is 20.1 Å². The summed E-state index contributed by atoms with van der Waals surface area (Å²) in [5.74, 6) is 4.42. The van der Waals surface area contributed by atoms with Crippen molar-refractivity contribution in [2.45, 2.75) is 25.7 Å².